The first-order valence-corrected chi connectivity index (χ1v) is 9.84. The molecule has 0 aliphatic rings. The van der Waals surface area contributed by atoms with Crippen LogP contribution in [0.3, 0.4) is 0 Å². The van der Waals surface area contributed by atoms with Crippen molar-refractivity contribution in [3.8, 4) is 0 Å². The lowest BCUT2D eigenvalue weighted by Crippen LogP contribution is -2.52. The number of carbonyl (C=O) groups is 2. The monoisotopic (exact) mass is 400 g/mol. The molecule has 1 atom stereocenters. The maximum absolute atomic E-state index is 13.1. The third-order valence-electron chi connectivity index (χ3n) is 4.41. The molecule has 0 aliphatic heterocycles. The maximum atomic E-state index is 13.1. The van der Waals surface area contributed by atoms with Crippen molar-refractivity contribution in [1.29, 1.82) is 0 Å². The van der Waals surface area contributed by atoms with Crippen molar-refractivity contribution in [3.63, 3.8) is 0 Å². The number of benzene rings is 2. The number of rotatable bonds is 6. The lowest BCUT2D eigenvalue weighted by molar-refractivity contribution is -0.140. The Hall–Kier alpha value is -2.33. The molecule has 0 radical (unpaired) electrons. The SMILES string of the molecule is Cc1ccc(CN(C(=O)Cc2ccc(Cl)cc2)C(C)C(=O)NC(C)(C)C)cc1. The second kappa shape index (κ2) is 9.24. The van der Waals surface area contributed by atoms with Gasteiger partial charge in [0.25, 0.3) is 0 Å². The molecule has 1 unspecified atom stereocenters. The van der Waals surface area contributed by atoms with E-state index in [0.717, 1.165) is 16.7 Å². The molecule has 0 aliphatic carbocycles. The summed E-state index contributed by atoms with van der Waals surface area (Å²) in [4.78, 5) is 27.5. The molecule has 0 saturated heterocycles. The quantitative estimate of drug-likeness (QED) is 0.774. The van der Waals surface area contributed by atoms with Crippen LogP contribution in [0.15, 0.2) is 48.5 Å². The van der Waals surface area contributed by atoms with Crippen LogP contribution in [0, 0.1) is 6.92 Å². The Balaban J connectivity index is 2.23. The number of hydrogen-bond acceptors (Lipinski definition) is 2. The van der Waals surface area contributed by atoms with E-state index in [1.54, 1.807) is 24.0 Å². The van der Waals surface area contributed by atoms with Gasteiger partial charge in [0.15, 0.2) is 0 Å². The Kier molecular flexibility index (Phi) is 7.25. The van der Waals surface area contributed by atoms with Gasteiger partial charge in [0, 0.05) is 17.1 Å². The minimum atomic E-state index is -0.583. The summed E-state index contributed by atoms with van der Waals surface area (Å²) in [6.45, 7) is 9.96. The van der Waals surface area contributed by atoms with Gasteiger partial charge >= 0.3 is 0 Å². The van der Waals surface area contributed by atoms with Gasteiger partial charge < -0.3 is 10.2 Å². The molecular formula is C23H29ClN2O2. The van der Waals surface area contributed by atoms with Crippen LogP contribution >= 0.6 is 11.6 Å². The normalized spacial score (nSPS) is 12.4. The van der Waals surface area contributed by atoms with Gasteiger partial charge in [-0.25, -0.2) is 0 Å². The second-order valence-corrected chi connectivity index (χ2v) is 8.66. The topological polar surface area (TPSA) is 49.4 Å². The van der Waals surface area contributed by atoms with Crippen LogP contribution in [0.25, 0.3) is 0 Å². The third-order valence-corrected chi connectivity index (χ3v) is 4.66. The van der Waals surface area contributed by atoms with E-state index in [0.29, 0.717) is 11.6 Å². The molecule has 4 nitrogen and oxygen atoms in total. The summed E-state index contributed by atoms with van der Waals surface area (Å²) in [5.41, 5.74) is 2.65. The van der Waals surface area contributed by atoms with Gasteiger partial charge in [0.2, 0.25) is 11.8 Å². The highest BCUT2D eigenvalue weighted by Gasteiger charge is 2.28. The van der Waals surface area contributed by atoms with E-state index in [1.807, 2.05) is 64.1 Å². The molecule has 2 rings (SSSR count). The van der Waals surface area contributed by atoms with Crippen LogP contribution in [-0.2, 0) is 22.6 Å². The van der Waals surface area contributed by atoms with Crippen LogP contribution in [0.2, 0.25) is 5.02 Å². The third kappa shape index (κ3) is 6.68. The zero-order valence-electron chi connectivity index (χ0n) is 17.3. The zero-order chi connectivity index (χ0) is 20.9. The molecule has 5 heteroatoms. The predicted molar refractivity (Wildman–Crippen MR) is 114 cm³/mol. The molecule has 1 N–H and O–H groups in total. The summed E-state index contributed by atoms with van der Waals surface area (Å²) >= 11 is 5.94. The van der Waals surface area contributed by atoms with Crippen molar-refractivity contribution < 1.29 is 9.59 Å². The van der Waals surface area contributed by atoms with Crippen LogP contribution in [0.1, 0.15) is 44.4 Å². The van der Waals surface area contributed by atoms with Crippen molar-refractivity contribution in [2.45, 2.75) is 59.2 Å². The van der Waals surface area contributed by atoms with Crippen molar-refractivity contribution in [2.24, 2.45) is 0 Å². The molecule has 2 aromatic rings. The molecule has 0 fully saturated rings. The van der Waals surface area contributed by atoms with Gasteiger partial charge in [-0.05, 0) is 57.9 Å². The summed E-state index contributed by atoms with van der Waals surface area (Å²) in [5, 5.41) is 3.60. The van der Waals surface area contributed by atoms with Gasteiger partial charge in [-0.2, -0.15) is 0 Å². The second-order valence-electron chi connectivity index (χ2n) is 8.23. The predicted octanol–water partition coefficient (Wildman–Crippen LogP) is 4.52. The minimum absolute atomic E-state index is 0.0977. The Morgan fingerprint density at radius 2 is 1.54 bits per heavy atom. The highest BCUT2D eigenvalue weighted by molar-refractivity contribution is 6.30. The van der Waals surface area contributed by atoms with E-state index >= 15 is 0 Å². The number of aryl methyl sites for hydroxylation is 1. The first-order chi connectivity index (χ1) is 13.0. The summed E-state index contributed by atoms with van der Waals surface area (Å²) in [5.74, 6) is -0.261. The average molecular weight is 401 g/mol. The molecule has 0 saturated carbocycles. The Labute approximate surface area is 172 Å². The van der Waals surface area contributed by atoms with Gasteiger partial charge in [0.05, 0.1) is 6.42 Å². The largest absolute Gasteiger partial charge is 0.350 e. The van der Waals surface area contributed by atoms with E-state index in [1.165, 1.54) is 0 Å². The number of halogens is 1. The summed E-state index contributed by atoms with van der Waals surface area (Å²) in [7, 11) is 0. The summed E-state index contributed by atoms with van der Waals surface area (Å²) in [6, 6.07) is 14.6. The fourth-order valence-electron chi connectivity index (χ4n) is 2.83. The summed E-state index contributed by atoms with van der Waals surface area (Å²) < 4.78 is 0. The van der Waals surface area contributed by atoms with Gasteiger partial charge in [-0.15, -0.1) is 0 Å². The first kappa shape index (κ1) is 22.0. The number of nitrogens with one attached hydrogen (secondary N) is 1. The average Bonchev–Trinajstić information content (AvgIpc) is 2.61. The molecule has 0 aromatic heterocycles. The smallest absolute Gasteiger partial charge is 0.242 e. The number of hydrogen-bond donors (Lipinski definition) is 1. The Bertz CT molecular complexity index is 808. The fraction of sp³-hybridized carbons (Fsp3) is 0.391. The Morgan fingerprint density at radius 1 is 1.00 bits per heavy atom. The molecule has 0 heterocycles. The molecular weight excluding hydrogens is 372 g/mol. The zero-order valence-corrected chi connectivity index (χ0v) is 18.0. The van der Waals surface area contributed by atoms with E-state index in [4.69, 9.17) is 11.6 Å². The van der Waals surface area contributed by atoms with E-state index in [9.17, 15) is 9.59 Å². The van der Waals surface area contributed by atoms with Crippen LogP contribution in [-0.4, -0.2) is 28.3 Å². The molecule has 0 bridgehead atoms. The highest BCUT2D eigenvalue weighted by Crippen LogP contribution is 2.15. The van der Waals surface area contributed by atoms with E-state index in [2.05, 4.69) is 5.32 Å². The van der Waals surface area contributed by atoms with Gasteiger partial charge in [-0.1, -0.05) is 53.6 Å². The lowest BCUT2D eigenvalue weighted by Gasteiger charge is -2.31. The number of amides is 2. The van der Waals surface area contributed by atoms with Gasteiger partial charge in [-0.3, -0.25) is 9.59 Å². The van der Waals surface area contributed by atoms with Crippen LogP contribution < -0.4 is 5.32 Å². The van der Waals surface area contributed by atoms with Crippen LogP contribution in [0.4, 0.5) is 0 Å². The van der Waals surface area contributed by atoms with E-state index < -0.39 is 6.04 Å². The van der Waals surface area contributed by atoms with Crippen molar-refractivity contribution in [2.75, 3.05) is 0 Å². The van der Waals surface area contributed by atoms with Crippen molar-refractivity contribution in [1.82, 2.24) is 10.2 Å². The first-order valence-electron chi connectivity index (χ1n) is 9.46. The van der Waals surface area contributed by atoms with Gasteiger partial charge in [0.1, 0.15) is 6.04 Å². The molecule has 2 amide bonds. The molecule has 2 aromatic carbocycles. The molecule has 0 spiro atoms. The molecule has 150 valence electrons. The fourth-order valence-corrected chi connectivity index (χ4v) is 2.95. The Morgan fingerprint density at radius 3 is 2.07 bits per heavy atom. The van der Waals surface area contributed by atoms with Crippen molar-refractivity contribution in [3.05, 3.63) is 70.2 Å². The van der Waals surface area contributed by atoms with Crippen molar-refractivity contribution >= 4 is 23.4 Å². The van der Waals surface area contributed by atoms with E-state index in [-0.39, 0.29) is 23.8 Å². The standard InChI is InChI=1S/C23H29ClN2O2/c1-16-6-8-19(9-7-16)15-26(17(2)22(28)25-23(3,4)5)21(27)14-18-10-12-20(24)13-11-18/h6-13,17H,14-15H2,1-5H3,(H,25,28). The molecule has 28 heavy (non-hydrogen) atoms. The van der Waals surface area contributed by atoms with Crippen LogP contribution in [0.5, 0.6) is 0 Å². The number of carbonyl (C=O) groups excluding carboxylic acids is 2. The minimum Gasteiger partial charge on any atom is -0.350 e. The highest BCUT2D eigenvalue weighted by atomic mass is 35.5. The maximum Gasteiger partial charge on any atom is 0.242 e. The summed E-state index contributed by atoms with van der Waals surface area (Å²) in [6.07, 6.45) is 0.218. The number of nitrogens with zero attached hydrogens (tertiary/aromatic N) is 1. The lowest BCUT2D eigenvalue weighted by atomic mass is 10.1.